The lowest BCUT2D eigenvalue weighted by atomic mass is 10.2. The van der Waals surface area contributed by atoms with Crippen LogP contribution < -0.4 is 20.7 Å². The Hall–Kier alpha value is -2.31. The van der Waals surface area contributed by atoms with Gasteiger partial charge in [0, 0.05) is 38.4 Å². The highest BCUT2D eigenvalue weighted by molar-refractivity contribution is 14.0. The number of para-hydroxylation sites is 1. The van der Waals surface area contributed by atoms with Gasteiger partial charge in [-0.25, -0.2) is 9.97 Å². The molecular weight excluding hydrogens is 488 g/mol. The second kappa shape index (κ2) is 11.5. The summed E-state index contributed by atoms with van der Waals surface area (Å²) in [4.78, 5) is 11.3. The molecule has 0 saturated heterocycles. The molecule has 11 heteroatoms. The number of hydrogen-bond donors (Lipinski definition) is 3. The van der Waals surface area contributed by atoms with Crippen LogP contribution in [0.3, 0.4) is 0 Å². The zero-order valence-electron chi connectivity index (χ0n) is 15.4. The first kappa shape index (κ1) is 23.7. The summed E-state index contributed by atoms with van der Waals surface area (Å²) >= 11 is 0. The van der Waals surface area contributed by atoms with Gasteiger partial charge in [-0.2, -0.15) is 13.2 Å². The number of nitrogens with one attached hydrogen (secondary N) is 3. The number of aliphatic imine (C=N–C) groups is 1. The van der Waals surface area contributed by atoms with Crippen LogP contribution in [0, 0.1) is 0 Å². The Morgan fingerprint density at radius 3 is 2.57 bits per heavy atom. The van der Waals surface area contributed by atoms with Crippen LogP contribution in [0.2, 0.25) is 0 Å². The van der Waals surface area contributed by atoms with Gasteiger partial charge in [-0.15, -0.1) is 24.0 Å². The van der Waals surface area contributed by atoms with E-state index < -0.39 is 11.9 Å². The van der Waals surface area contributed by atoms with Gasteiger partial charge in [-0.05, 0) is 12.1 Å². The molecule has 28 heavy (non-hydrogen) atoms. The SMILES string of the molecule is CN=C(NCCNc1nccc(C(F)(F)F)n1)NCc1ccccc1OC.I. The molecule has 1 aromatic carbocycles. The molecule has 0 aliphatic heterocycles. The number of hydrogen-bond acceptors (Lipinski definition) is 5. The third kappa shape index (κ3) is 7.37. The Balaban J connectivity index is 0.00000392. The topological polar surface area (TPSA) is 83.5 Å². The molecule has 0 aliphatic rings. The number of guanidine groups is 1. The molecule has 0 aliphatic carbocycles. The van der Waals surface area contributed by atoms with Gasteiger partial charge in [0.25, 0.3) is 0 Å². The quantitative estimate of drug-likeness (QED) is 0.230. The van der Waals surface area contributed by atoms with Crippen molar-refractivity contribution >= 4 is 35.9 Å². The zero-order chi connectivity index (χ0) is 19.7. The molecule has 7 nitrogen and oxygen atoms in total. The lowest BCUT2D eigenvalue weighted by molar-refractivity contribution is -0.141. The molecule has 154 valence electrons. The fraction of sp³-hybridized carbons (Fsp3) is 0.353. The van der Waals surface area contributed by atoms with E-state index in [0.717, 1.165) is 23.6 Å². The largest absolute Gasteiger partial charge is 0.496 e. The van der Waals surface area contributed by atoms with Gasteiger partial charge < -0.3 is 20.7 Å². The Kier molecular flexibility index (Phi) is 9.76. The maximum Gasteiger partial charge on any atom is 0.433 e. The van der Waals surface area contributed by atoms with Crippen LogP contribution in [0.4, 0.5) is 19.1 Å². The van der Waals surface area contributed by atoms with Gasteiger partial charge in [-0.3, -0.25) is 4.99 Å². The standard InChI is InChI=1S/C17H21F3N6O.HI/c1-21-15(25-11-12-5-3-4-6-13(12)27-2)23-9-10-24-16-22-8-7-14(26-16)17(18,19)20;/h3-8H,9-11H2,1-2H3,(H2,21,23,25)(H,22,24,26);1H. The van der Waals surface area contributed by atoms with Gasteiger partial charge in [0.05, 0.1) is 7.11 Å². The van der Waals surface area contributed by atoms with Gasteiger partial charge >= 0.3 is 6.18 Å². The summed E-state index contributed by atoms with van der Waals surface area (Å²) in [6.07, 6.45) is -3.43. The molecule has 0 unspecified atom stereocenters. The summed E-state index contributed by atoms with van der Waals surface area (Å²) in [6.45, 7) is 1.23. The number of aromatic nitrogens is 2. The molecular formula is C17H22F3IN6O. The molecule has 0 saturated carbocycles. The Bertz CT molecular complexity index is 773. The molecule has 1 heterocycles. The van der Waals surface area contributed by atoms with Crippen LogP contribution in [-0.2, 0) is 12.7 Å². The van der Waals surface area contributed by atoms with E-state index in [2.05, 4.69) is 30.9 Å². The summed E-state index contributed by atoms with van der Waals surface area (Å²) in [5, 5.41) is 8.93. The molecule has 0 atom stereocenters. The molecule has 0 fully saturated rings. The highest BCUT2D eigenvalue weighted by Gasteiger charge is 2.32. The fourth-order valence-corrected chi connectivity index (χ4v) is 2.21. The number of benzene rings is 1. The second-order valence-electron chi connectivity index (χ2n) is 5.35. The van der Waals surface area contributed by atoms with E-state index in [1.165, 1.54) is 0 Å². The Labute approximate surface area is 178 Å². The highest BCUT2D eigenvalue weighted by Crippen LogP contribution is 2.27. The number of halogens is 4. The van der Waals surface area contributed by atoms with Crippen molar-refractivity contribution in [3.63, 3.8) is 0 Å². The van der Waals surface area contributed by atoms with Crippen molar-refractivity contribution in [1.29, 1.82) is 0 Å². The van der Waals surface area contributed by atoms with Crippen molar-refractivity contribution in [1.82, 2.24) is 20.6 Å². The van der Waals surface area contributed by atoms with Crippen molar-refractivity contribution in [2.45, 2.75) is 12.7 Å². The monoisotopic (exact) mass is 510 g/mol. The van der Waals surface area contributed by atoms with E-state index in [-0.39, 0.29) is 29.9 Å². The highest BCUT2D eigenvalue weighted by atomic mass is 127. The van der Waals surface area contributed by atoms with Crippen molar-refractivity contribution in [2.24, 2.45) is 4.99 Å². The smallest absolute Gasteiger partial charge is 0.433 e. The van der Waals surface area contributed by atoms with Crippen molar-refractivity contribution < 1.29 is 17.9 Å². The molecule has 1 aromatic heterocycles. The second-order valence-corrected chi connectivity index (χ2v) is 5.35. The minimum Gasteiger partial charge on any atom is -0.496 e. The number of methoxy groups -OCH3 is 1. The van der Waals surface area contributed by atoms with Crippen LogP contribution in [0.15, 0.2) is 41.5 Å². The van der Waals surface area contributed by atoms with Crippen LogP contribution in [0.25, 0.3) is 0 Å². The predicted octanol–water partition coefficient (Wildman–Crippen LogP) is 2.90. The summed E-state index contributed by atoms with van der Waals surface area (Å²) in [7, 11) is 3.23. The van der Waals surface area contributed by atoms with E-state index in [9.17, 15) is 13.2 Å². The average Bonchev–Trinajstić information content (AvgIpc) is 2.67. The molecule has 0 radical (unpaired) electrons. The van der Waals surface area contributed by atoms with Gasteiger partial charge in [0.1, 0.15) is 11.4 Å². The average molecular weight is 510 g/mol. The minimum atomic E-state index is -4.50. The number of rotatable bonds is 7. The lowest BCUT2D eigenvalue weighted by Crippen LogP contribution is -2.39. The zero-order valence-corrected chi connectivity index (χ0v) is 17.7. The van der Waals surface area contributed by atoms with Gasteiger partial charge in [0.2, 0.25) is 5.95 Å². The molecule has 2 rings (SSSR count). The first-order valence-corrected chi connectivity index (χ1v) is 8.14. The number of alkyl halides is 3. The van der Waals surface area contributed by atoms with Crippen molar-refractivity contribution in [3.05, 3.63) is 47.8 Å². The van der Waals surface area contributed by atoms with Crippen molar-refractivity contribution in [2.75, 3.05) is 32.6 Å². The van der Waals surface area contributed by atoms with E-state index in [1.807, 2.05) is 24.3 Å². The fourth-order valence-electron chi connectivity index (χ4n) is 2.21. The number of anilines is 1. The first-order chi connectivity index (χ1) is 12.9. The molecule has 0 spiro atoms. The maximum atomic E-state index is 12.6. The third-order valence-corrected chi connectivity index (χ3v) is 3.51. The lowest BCUT2D eigenvalue weighted by Gasteiger charge is -2.14. The molecule has 0 amide bonds. The Morgan fingerprint density at radius 2 is 1.89 bits per heavy atom. The predicted molar refractivity (Wildman–Crippen MR) is 112 cm³/mol. The van der Waals surface area contributed by atoms with E-state index in [1.54, 1.807) is 14.2 Å². The third-order valence-electron chi connectivity index (χ3n) is 3.51. The number of ether oxygens (including phenoxy) is 1. The first-order valence-electron chi connectivity index (χ1n) is 8.14. The van der Waals surface area contributed by atoms with Crippen LogP contribution in [0.5, 0.6) is 5.75 Å². The number of nitrogens with zero attached hydrogens (tertiary/aromatic N) is 3. The summed E-state index contributed by atoms with van der Waals surface area (Å²) < 4.78 is 43.2. The van der Waals surface area contributed by atoms with Crippen LogP contribution >= 0.6 is 24.0 Å². The summed E-state index contributed by atoms with van der Waals surface area (Å²) in [5.74, 6) is 1.24. The summed E-state index contributed by atoms with van der Waals surface area (Å²) in [6, 6.07) is 8.43. The van der Waals surface area contributed by atoms with E-state index >= 15 is 0 Å². The minimum absolute atomic E-state index is 0. The van der Waals surface area contributed by atoms with Gasteiger partial charge in [0.15, 0.2) is 5.96 Å². The molecule has 0 bridgehead atoms. The van der Waals surface area contributed by atoms with E-state index in [0.29, 0.717) is 25.6 Å². The van der Waals surface area contributed by atoms with E-state index in [4.69, 9.17) is 4.74 Å². The van der Waals surface area contributed by atoms with Crippen LogP contribution in [0.1, 0.15) is 11.3 Å². The van der Waals surface area contributed by atoms with Gasteiger partial charge in [-0.1, -0.05) is 18.2 Å². The van der Waals surface area contributed by atoms with Crippen molar-refractivity contribution in [3.8, 4) is 5.75 Å². The maximum absolute atomic E-state index is 12.6. The Morgan fingerprint density at radius 1 is 1.14 bits per heavy atom. The molecule has 3 N–H and O–H groups in total. The summed E-state index contributed by atoms with van der Waals surface area (Å²) in [5.41, 5.74) is -0.0133. The normalized spacial score (nSPS) is 11.4. The molecule has 2 aromatic rings. The van der Waals surface area contributed by atoms with Crippen LogP contribution in [-0.4, -0.2) is 43.2 Å².